The van der Waals surface area contributed by atoms with Gasteiger partial charge in [-0.15, -0.1) is 0 Å². The SMILES string of the molecule is O=c1c(Cl)c(NC2CCCCC2O)cnn1-c1ccc(C(F)(F)F)cn1. The fourth-order valence-electron chi connectivity index (χ4n) is 2.86. The van der Waals surface area contributed by atoms with Crippen molar-refractivity contribution >= 4 is 17.3 Å². The molecule has 1 fully saturated rings. The summed E-state index contributed by atoms with van der Waals surface area (Å²) in [6.45, 7) is 0. The van der Waals surface area contributed by atoms with Crippen LogP contribution in [0.25, 0.3) is 5.82 Å². The highest BCUT2D eigenvalue weighted by atomic mass is 35.5. The van der Waals surface area contributed by atoms with E-state index >= 15 is 0 Å². The molecule has 1 aliphatic rings. The fourth-order valence-corrected chi connectivity index (χ4v) is 3.04. The normalized spacial score (nSPS) is 20.8. The van der Waals surface area contributed by atoms with Gasteiger partial charge in [0.1, 0.15) is 5.02 Å². The van der Waals surface area contributed by atoms with Crippen molar-refractivity contribution in [2.45, 2.75) is 44.0 Å². The number of pyridine rings is 1. The molecule has 2 aromatic heterocycles. The Balaban J connectivity index is 1.86. The van der Waals surface area contributed by atoms with E-state index in [1.54, 1.807) is 0 Å². The van der Waals surface area contributed by atoms with Gasteiger partial charge in [0.2, 0.25) is 0 Å². The van der Waals surface area contributed by atoms with Crippen LogP contribution in [0.15, 0.2) is 29.3 Å². The van der Waals surface area contributed by atoms with Crippen molar-refractivity contribution in [2.24, 2.45) is 0 Å². The highest BCUT2D eigenvalue weighted by Crippen LogP contribution is 2.29. The third kappa shape index (κ3) is 3.83. The van der Waals surface area contributed by atoms with E-state index in [-0.39, 0.29) is 22.6 Å². The lowest BCUT2D eigenvalue weighted by molar-refractivity contribution is -0.137. The maximum atomic E-state index is 12.6. The third-order valence-corrected chi connectivity index (χ3v) is 4.65. The van der Waals surface area contributed by atoms with Gasteiger partial charge >= 0.3 is 6.18 Å². The summed E-state index contributed by atoms with van der Waals surface area (Å²) in [6, 6.07) is 1.63. The van der Waals surface area contributed by atoms with Gasteiger partial charge in [-0.2, -0.15) is 23.0 Å². The number of nitrogens with zero attached hydrogens (tertiary/aromatic N) is 3. The number of hydrogen-bond acceptors (Lipinski definition) is 5. The first-order chi connectivity index (χ1) is 12.3. The molecule has 140 valence electrons. The molecule has 2 atom stereocenters. The van der Waals surface area contributed by atoms with Crippen molar-refractivity contribution in [3.05, 3.63) is 45.5 Å². The molecule has 0 spiro atoms. The first kappa shape index (κ1) is 18.7. The second-order valence-electron chi connectivity index (χ2n) is 6.09. The molecule has 2 heterocycles. The predicted molar refractivity (Wildman–Crippen MR) is 89.5 cm³/mol. The second kappa shape index (κ2) is 7.24. The Morgan fingerprint density at radius 2 is 1.96 bits per heavy atom. The van der Waals surface area contributed by atoms with Crippen LogP contribution in [0, 0.1) is 0 Å². The lowest BCUT2D eigenvalue weighted by atomic mass is 9.92. The van der Waals surface area contributed by atoms with Gasteiger partial charge in [-0.25, -0.2) is 4.98 Å². The number of aliphatic hydroxyl groups excluding tert-OH is 1. The van der Waals surface area contributed by atoms with Gasteiger partial charge in [0.25, 0.3) is 5.56 Å². The van der Waals surface area contributed by atoms with Crippen LogP contribution in [0.4, 0.5) is 18.9 Å². The molecule has 0 saturated heterocycles. The van der Waals surface area contributed by atoms with Crippen molar-refractivity contribution in [1.29, 1.82) is 0 Å². The standard InChI is InChI=1S/C16H16ClF3N4O2/c17-14-11(23-10-3-1-2-4-12(10)25)8-22-24(15(14)26)13-6-5-9(7-21-13)16(18,19)20/h5-8,10,12,23,25H,1-4H2. The zero-order valence-electron chi connectivity index (χ0n) is 13.5. The van der Waals surface area contributed by atoms with E-state index in [4.69, 9.17) is 11.6 Å². The van der Waals surface area contributed by atoms with E-state index < -0.39 is 23.4 Å². The minimum Gasteiger partial charge on any atom is -0.391 e. The molecule has 10 heteroatoms. The molecule has 0 aliphatic heterocycles. The zero-order chi connectivity index (χ0) is 18.9. The van der Waals surface area contributed by atoms with Gasteiger partial charge in [0.15, 0.2) is 5.82 Å². The van der Waals surface area contributed by atoms with Crippen molar-refractivity contribution in [2.75, 3.05) is 5.32 Å². The summed E-state index contributed by atoms with van der Waals surface area (Å²) in [5.41, 5.74) is -1.37. The van der Waals surface area contributed by atoms with Crippen molar-refractivity contribution in [1.82, 2.24) is 14.8 Å². The second-order valence-corrected chi connectivity index (χ2v) is 6.47. The minimum absolute atomic E-state index is 0.0749. The van der Waals surface area contributed by atoms with E-state index in [0.717, 1.165) is 36.1 Å². The number of aromatic nitrogens is 3. The first-order valence-electron chi connectivity index (χ1n) is 8.03. The summed E-state index contributed by atoms with van der Waals surface area (Å²) < 4.78 is 38.6. The predicted octanol–water partition coefficient (Wildman–Crippen LogP) is 3.02. The molecule has 2 N–H and O–H groups in total. The highest BCUT2D eigenvalue weighted by Gasteiger charge is 2.31. The number of halogens is 4. The lowest BCUT2D eigenvalue weighted by Crippen LogP contribution is -2.37. The number of nitrogens with one attached hydrogen (secondary N) is 1. The molecule has 0 aromatic carbocycles. The van der Waals surface area contributed by atoms with Gasteiger partial charge in [0.05, 0.1) is 29.6 Å². The van der Waals surface area contributed by atoms with Crippen LogP contribution in [-0.2, 0) is 6.18 Å². The van der Waals surface area contributed by atoms with Gasteiger partial charge in [-0.3, -0.25) is 4.79 Å². The summed E-state index contributed by atoms with van der Waals surface area (Å²) in [6.07, 6.45) is 0.149. The molecule has 2 aromatic rings. The Bertz CT molecular complexity index is 839. The van der Waals surface area contributed by atoms with Crippen LogP contribution in [0.1, 0.15) is 31.2 Å². The highest BCUT2D eigenvalue weighted by molar-refractivity contribution is 6.32. The van der Waals surface area contributed by atoms with Crippen molar-refractivity contribution < 1.29 is 18.3 Å². The molecular weight excluding hydrogens is 373 g/mol. The summed E-state index contributed by atoms with van der Waals surface area (Å²) in [5, 5.41) is 16.8. The molecule has 2 unspecified atom stereocenters. The number of aliphatic hydroxyl groups is 1. The van der Waals surface area contributed by atoms with E-state index in [1.165, 1.54) is 6.20 Å². The topological polar surface area (TPSA) is 80.0 Å². The summed E-state index contributed by atoms with van der Waals surface area (Å²) >= 11 is 6.09. The number of rotatable bonds is 3. The summed E-state index contributed by atoms with van der Waals surface area (Å²) in [4.78, 5) is 16.0. The molecule has 26 heavy (non-hydrogen) atoms. The molecule has 0 amide bonds. The third-order valence-electron chi connectivity index (χ3n) is 4.28. The molecule has 1 saturated carbocycles. The van der Waals surface area contributed by atoms with Gasteiger partial charge < -0.3 is 10.4 Å². The Labute approximate surface area is 151 Å². The van der Waals surface area contributed by atoms with Gasteiger partial charge in [-0.1, -0.05) is 24.4 Å². The smallest absolute Gasteiger partial charge is 0.391 e. The minimum atomic E-state index is -4.52. The Kier molecular flexibility index (Phi) is 5.19. The van der Waals surface area contributed by atoms with Crippen LogP contribution < -0.4 is 10.9 Å². The summed E-state index contributed by atoms with van der Waals surface area (Å²) in [5.74, 6) is -0.0749. The molecular formula is C16H16ClF3N4O2. The van der Waals surface area contributed by atoms with Crippen LogP contribution in [0.5, 0.6) is 0 Å². The van der Waals surface area contributed by atoms with Crippen molar-refractivity contribution in [3.63, 3.8) is 0 Å². The average Bonchev–Trinajstić information content (AvgIpc) is 2.60. The lowest BCUT2D eigenvalue weighted by Gasteiger charge is -2.29. The maximum Gasteiger partial charge on any atom is 0.417 e. The van der Waals surface area contributed by atoms with Crippen LogP contribution >= 0.6 is 11.6 Å². The molecule has 6 nitrogen and oxygen atoms in total. The largest absolute Gasteiger partial charge is 0.417 e. The van der Waals surface area contributed by atoms with Gasteiger partial charge in [-0.05, 0) is 25.0 Å². The monoisotopic (exact) mass is 388 g/mol. The van der Waals surface area contributed by atoms with E-state index in [1.807, 2.05) is 0 Å². The molecule has 0 radical (unpaired) electrons. The van der Waals surface area contributed by atoms with Crippen molar-refractivity contribution in [3.8, 4) is 5.82 Å². The first-order valence-corrected chi connectivity index (χ1v) is 8.41. The Hall–Kier alpha value is -2.13. The number of hydrogen-bond donors (Lipinski definition) is 2. The summed E-state index contributed by atoms with van der Waals surface area (Å²) in [7, 11) is 0. The average molecular weight is 389 g/mol. The van der Waals surface area contributed by atoms with Crippen LogP contribution in [0.2, 0.25) is 5.02 Å². The molecule has 0 bridgehead atoms. The number of alkyl halides is 3. The maximum absolute atomic E-state index is 12.6. The Morgan fingerprint density at radius 1 is 1.23 bits per heavy atom. The fraction of sp³-hybridized carbons (Fsp3) is 0.438. The zero-order valence-corrected chi connectivity index (χ0v) is 14.3. The van der Waals surface area contributed by atoms with E-state index in [9.17, 15) is 23.1 Å². The van der Waals surface area contributed by atoms with Gasteiger partial charge in [0, 0.05) is 6.20 Å². The Morgan fingerprint density at radius 3 is 2.58 bits per heavy atom. The molecule has 1 aliphatic carbocycles. The van der Waals surface area contributed by atoms with E-state index in [0.29, 0.717) is 12.6 Å². The quantitative estimate of drug-likeness (QED) is 0.845. The molecule has 3 rings (SSSR count). The van der Waals surface area contributed by atoms with Crippen LogP contribution in [-0.4, -0.2) is 32.0 Å². The van der Waals surface area contributed by atoms with E-state index in [2.05, 4.69) is 15.4 Å². The van der Waals surface area contributed by atoms with Crippen LogP contribution in [0.3, 0.4) is 0 Å². The number of anilines is 1.